The molecule has 2 nitrogen and oxygen atoms in total. The summed E-state index contributed by atoms with van der Waals surface area (Å²) in [5.74, 6) is 1.74. The standard InChI is InChI=1S/C14H13BO2/c1-10-2-4-12(5-3-10)17-13-6-7-14-11(8-13)9-16-15-14/h2-8,15H,9H2,1H3. The molecule has 0 spiro atoms. The third-order valence-electron chi connectivity index (χ3n) is 2.95. The van der Waals surface area contributed by atoms with Crippen LogP contribution in [-0.2, 0) is 11.3 Å². The van der Waals surface area contributed by atoms with Crippen molar-refractivity contribution in [2.75, 3.05) is 0 Å². The number of benzene rings is 2. The highest BCUT2D eigenvalue weighted by Crippen LogP contribution is 2.23. The summed E-state index contributed by atoms with van der Waals surface area (Å²) in [6, 6.07) is 14.2. The molecule has 2 aromatic rings. The topological polar surface area (TPSA) is 18.5 Å². The Morgan fingerprint density at radius 1 is 1.06 bits per heavy atom. The van der Waals surface area contributed by atoms with Gasteiger partial charge in [-0.2, -0.15) is 0 Å². The molecule has 0 fully saturated rings. The Balaban J connectivity index is 1.83. The van der Waals surface area contributed by atoms with Crippen LogP contribution in [0.3, 0.4) is 0 Å². The third-order valence-corrected chi connectivity index (χ3v) is 2.95. The summed E-state index contributed by atoms with van der Waals surface area (Å²) in [7, 11) is 0.722. The Labute approximate surface area is 101 Å². The van der Waals surface area contributed by atoms with Crippen LogP contribution in [0.1, 0.15) is 11.1 Å². The van der Waals surface area contributed by atoms with Gasteiger partial charge in [-0.3, -0.25) is 0 Å². The van der Waals surface area contributed by atoms with E-state index in [-0.39, 0.29) is 0 Å². The van der Waals surface area contributed by atoms with Gasteiger partial charge in [-0.15, -0.1) is 0 Å². The molecular weight excluding hydrogens is 211 g/mol. The van der Waals surface area contributed by atoms with E-state index in [1.807, 2.05) is 30.3 Å². The molecular formula is C14H13BO2. The van der Waals surface area contributed by atoms with Crippen molar-refractivity contribution in [2.45, 2.75) is 13.5 Å². The molecule has 0 radical (unpaired) electrons. The fourth-order valence-corrected chi connectivity index (χ4v) is 1.95. The third kappa shape index (κ3) is 2.20. The molecule has 0 unspecified atom stereocenters. The zero-order chi connectivity index (χ0) is 11.7. The largest absolute Gasteiger partial charge is 0.457 e. The van der Waals surface area contributed by atoms with Crippen molar-refractivity contribution in [3.05, 3.63) is 53.6 Å². The lowest BCUT2D eigenvalue weighted by atomic mass is 9.87. The van der Waals surface area contributed by atoms with Crippen LogP contribution >= 0.6 is 0 Å². The second-order valence-corrected chi connectivity index (χ2v) is 4.34. The quantitative estimate of drug-likeness (QED) is 0.728. The molecule has 17 heavy (non-hydrogen) atoms. The first-order chi connectivity index (χ1) is 8.31. The maximum atomic E-state index is 5.80. The molecule has 84 valence electrons. The normalized spacial score (nSPS) is 13.0. The highest BCUT2D eigenvalue weighted by molar-refractivity contribution is 6.48. The summed E-state index contributed by atoms with van der Waals surface area (Å²) < 4.78 is 11.2. The predicted molar refractivity (Wildman–Crippen MR) is 69.3 cm³/mol. The summed E-state index contributed by atoms with van der Waals surface area (Å²) in [4.78, 5) is 0. The lowest BCUT2D eigenvalue weighted by Crippen LogP contribution is -2.10. The van der Waals surface area contributed by atoms with Crippen molar-refractivity contribution in [3.63, 3.8) is 0 Å². The summed E-state index contributed by atoms with van der Waals surface area (Å²) in [5, 5.41) is 0. The molecule has 0 bridgehead atoms. The molecule has 1 aliphatic heterocycles. The van der Waals surface area contributed by atoms with Gasteiger partial charge >= 0.3 is 7.48 Å². The molecule has 0 atom stereocenters. The first-order valence-corrected chi connectivity index (χ1v) is 5.75. The summed E-state index contributed by atoms with van der Waals surface area (Å²) in [6.07, 6.45) is 0. The van der Waals surface area contributed by atoms with Gasteiger partial charge in [-0.25, -0.2) is 0 Å². The Morgan fingerprint density at radius 2 is 1.82 bits per heavy atom. The van der Waals surface area contributed by atoms with Gasteiger partial charge in [0.05, 0.1) is 6.61 Å². The highest BCUT2D eigenvalue weighted by Gasteiger charge is 2.13. The van der Waals surface area contributed by atoms with E-state index in [9.17, 15) is 0 Å². The maximum absolute atomic E-state index is 5.80. The average Bonchev–Trinajstić information content (AvgIpc) is 2.79. The Kier molecular flexibility index (Phi) is 2.61. The van der Waals surface area contributed by atoms with Crippen LogP contribution < -0.4 is 10.2 Å². The minimum Gasteiger partial charge on any atom is -0.457 e. The zero-order valence-corrected chi connectivity index (χ0v) is 9.77. The SMILES string of the molecule is Cc1ccc(Oc2ccc3c(c2)COB3)cc1. The predicted octanol–water partition coefficient (Wildman–Crippen LogP) is 2.29. The molecule has 0 saturated carbocycles. The van der Waals surface area contributed by atoms with Gasteiger partial charge in [0.15, 0.2) is 0 Å². The number of hydrogen-bond acceptors (Lipinski definition) is 2. The molecule has 0 saturated heterocycles. The molecule has 3 rings (SSSR count). The van der Waals surface area contributed by atoms with Crippen LogP contribution in [0.25, 0.3) is 0 Å². The van der Waals surface area contributed by atoms with E-state index in [1.54, 1.807) is 0 Å². The Bertz CT molecular complexity index is 534. The van der Waals surface area contributed by atoms with Crippen LogP contribution in [0.15, 0.2) is 42.5 Å². The summed E-state index contributed by atoms with van der Waals surface area (Å²) in [6.45, 7) is 2.76. The van der Waals surface area contributed by atoms with Crippen LogP contribution in [0.2, 0.25) is 0 Å². The maximum Gasteiger partial charge on any atom is 0.309 e. The first-order valence-electron chi connectivity index (χ1n) is 5.75. The number of hydrogen-bond donors (Lipinski definition) is 0. The minimum atomic E-state index is 0.695. The molecule has 0 N–H and O–H groups in total. The van der Waals surface area contributed by atoms with E-state index >= 15 is 0 Å². The van der Waals surface area contributed by atoms with Gasteiger partial charge in [0.2, 0.25) is 0 Å². The van der Waals surface area contributed by atoms with Crippen molar-refractivity contribution < 1.29 is 9.39 Å². The average molecular weight is 224 g/mol. The Morgan fingerprint density at radius 3 is 2.65 bits per heavy atom. The van der Waals surface area contributed by atoms with Crippen molar-refractivity contribution in [2.24, 2.45) is 0 Å². The van der Waals surface area contributed by atoms with Gasteiger partial charge < -0.3 is 9.39 Å². The molecule has 3 heteroatoms. The van der Waals surface area contributed by atoms with Gasteiger partial charge in [-0.05, 0) is 42.2 Å². The molecule has 1 heterocycles. The van der Waals surface area contributed by atoms with Gasteiger partial charge in [0.25, 0.3) is 0 Å². The van der Waals surface area contributed by atoms with Crippen LogP contribution in [0.5, 0.6) is 11.5 Å². The van der Waals surface area contributed by atoms with E-state index in [0.717, 1.165) is 19.0 Å². The fourth-order valence-electron chi connectivity index (χ4n) is 1.95. The monoisotopic (exact) mass is 224 g/mol. The second-order valence-electron chi connectivity index (χ2n) is 4.34. The number of aryl methyl sites for hydroxylation is 1. The lowest BCUT2D eigenvalue weighted by Gasteiger charge is -2.07. The molecule has 2 aromatic carbocycles. The smallest absolute Gasteiger partial charge is 0.309 e. The van der Waals surface area contributed by atoms with Crippen molar-refractivity contribution in [1.82, 2.24) is 0 Å². The van der Waals surface area contributed by atoms with Gasteiger partial charge in [-0.1, -0.05) is 23.8 Å². The van der Waals surface area contributed by atoms with Crippen molar-refractivity contribution in [1.29, 1.82) is 0 Å². The van der Waals surface area contributed by atoms with E-state index in [1.165, 1.54) is 16.6 Å². The second kappa shape index (κ2) is 4.26. The van der Waals surface area contributed by atoms with Gasteiger partial charge in [0.1, 0.15) is 11.5 Å². The molecule has 1 aliphatic rings. The summed E-state index contributed by atoms with van der Waals surface area (Å²) >= 11 is 0. The fraction of sp³-hybridized carbons (Fsp3) is 0.143. The number of ether oxygens (including phenoxy) is 1. The first kappa shape index (κ1) is 10.4. The molecule has 0 aliphatic carbocycles. The summed E-state index contributed by atoms with van der Waals surface area (Å²) in [5.41, 5.74) is 3.73. The number of fused-ring (bicyclic) bond motifs is 1. The van der Waals surface area contributed by atoms with Crippen LogP contribution in [0.4, 0.5) is 0 Å². The molecule has 0 amide bonds. The Hall–Kier alpha value is -1.74. The van der Waals surface area contributed by atoms with E-state index in [4.69, 9.17) is 9.39 Å². The molecule has 0 aromatic heterocycles. The van der Waals surface area contributed by atoms with Gasteiger partial charge in [0, 0.05) is 0 Å². The zero-order valence-electron chi connectivity index (χ0n) is 9.77. The van der Waals surface area contributed by atoms with E-state index < -0.39 is 0 Å². The highest BCUT2D eigenvalue weighted by atomic mass is 16.5. The minimum absolute atomic E-state index is 0.695. The number of rotatable bonds is 2. The van der Waals surface area contributed by atoms with E-state index in [0.29, 0.717) is 6.61 Å². The van der Waals surface area contributed by atoms with Crippen LogP contribution in [-0.4, -0.2) is 7.48 Å². The van der Waals surface area contributed by atoms with E-state index in [2.05, 4.69) is 19.1 Å². The van der Waals surface area contributed by atoms with Crippen molar-refractivity contribution in [3.8, 4) is 11.5 Å². The van der Waals surface area contributed by atoms with Crippen LogP contribution in [0, 0.1) is 6.92 Å². The van der Waals surface area contributed by atoms with Crippen molar-refractivity contribution >= 4 is 12.9 Å². The lowest BCUT2D eigenvalue weighted by molar-refractivity contribution is 0.344.